The average Bonchev–Trinajstić information content (AvgIpc) is 1.54. The van der Waals surface area contributed by atoms with Crippen LogP contribution in [0.4, 0.5) is 11.4 Å². The number of benzene rings is 4. The van der Waals surface area contributed by atoms with E-state index in [0.29, 0.717) is 81.9 Å². The number of nitrogens with zero attached hydrogens (tertiary/aromatic N) is 12. The molecule has 1 atom stereocenters. The number of imide groups is 1. The van der Waals surface area contributed by atoms with Gasteiger partial charge in [0.05, 0.1) is 63.6 Å². The van der Waals surface area contributed by atoms with Gasteiger partial charge in [0.25, 0.3) is 0 Å². The molecular formula is C110H175N13O8S2. The smallest absolute Gasteiger partial charge is 0.243 e. The second-order valence-electron chi connectivity index (χ2n) is 51.0. The van der Waals surface area contributed by atoms with Crippen LogP contribution in [-0.2, 0) is 74.5 Å². The molecule has 0 radical (unpaired) electrons. The van der Waals surface area contributed by atoms with E-state index < -0.39 is 5.54 Å². The number of carbonyl (C=O) groups excluding carboxylic acids is 8. The van der Waals surface area contributed by atoms with Gasteiger partial charge in [-0.1, -0.05) is 308 Å². The van der Waals surface area contributed by atoms with Crippen molar-refractivity contribution in [1.29, 1.82) is 0 Å². The SMILES string of the molecule is CC(C)(C)CC(=O)C(C)(C)C.CC(C)(C)CCCC(=O)N1Cc2ccccc2-c2c(nnn2C(C)(C)C)-c2ccccc21.CC(C)(C)CCCC(=O)N1Cc2ccccc2-c2c(nnn2CCCC(=O)CC(C)(C)C)-c2ccccc21.CC(C)(C)NC(=O)C(C)(C)C.CC(C)(C)SC1CC(=O)N(C(C)(C)C)C1=O.CC(C)(C)SCC(=O)C(C)(C)C.CC(C)(C)c1cn(C(C)(C)C)nn1. The fraction of sp³-hybridized carbons (Fsp3) is 0.655. The number of rotatable bonds is 15. The number of anilines is 2. The minimum Gasteiger partial charge on any atom is -0.351 e. The third kappa shape index (κ3) is 39.7. The Hall–Kier alpha value is -8.44. The van der Waals surface area contributed by atoms with Gasteiger partial charge in [-0.05, 0) is 160 Å². The standard InChI is InChI=1S/C32H42N4O2.C27H34N4O.C12H21NO2S.C10H19N3.C10H20OS.C10H20O.C9H19NO/c1-31(2,3)19-11-18-28(38)35-22-23-13-7-8-15-25(23)30-29(26-16-9-10-17-27(26)35)33-34-36(30)20-12-14-24(37)21-32(4,5)6;1-26(2,3)17-11-16-23(32)30-18-19-12-7-8-13-20(19)25-24(21-14-9-10-15-22(21)30)28-29-31(25)27(4,5)6;1-11(2,3)13-9(14)7-8(10(13)15)16-12(4,5)6;1-9(2,3)8-7-13(12-11-8)10(4,5)6;1-9(2,3)8(11)7-12-10(4,5)6;1-9(2,3)7-8(11)10(4,5)6;1-8(2,3)7(11)10-9(4,5)6/h7-10,13,15-17H,11-12,14,18-22H2,1-6H3;7-10,12-15H,11,16-18H2,1-6H3;8H,7H2,1-6H3;7H,1-6H3;7H2,1-6H3;7H2,1-6H3;1-6H3,(H,10,11). The van der Waals surface area contributed by atoms with Crippen LogP contribution in [-0.4, -0.2) is 128 Å². The quantitative estimate of drug-likeness (QED) is 0.0937. The fourth-order valence-electron chi connectivity index (χ4n) is 14.1. The molecular weight excluding hydrogens is 1700 g/mol. The number of hydrogen-bond acceptors (Lipinski definition) is 16. The molecule has 23 heteroatoms. The molecule has 3 aliphatic rings. The molecule has 7 aromatic rings. The van der Waals surface area contributed by atoms with Gasteiger partial charge in [0, 0.05) is 116 Å². The summed E-state index contributed by atoms with van der Waals surface area (Å²) < 4.78 is 6.07. The van der Waals surface area contributed by atoms with E-state index in [-0.39, 0.29) is 110 Å². The highest BCUT2D eigenvalue weighted by molar-refractivity contribution is 8.02. The van der Waals surface area contributed by atoms with Gasteiger partial charge in [-0.3, -0.25) is 43.3 Å². The van der Waals surface area contributed by atoms with Gasteiger partial charge >= 0.3 is 0 Å². The maximum atomic E-state index is 13.6. The highest BCUT2D eigenvalue weighted by Gasteiger charge is 2.46. The molecule has 6 heterocycles. The summed E-state index contributed by atoms with van der Waals surface area (Å²) in [6, 6.07) is 32.7. The number of Topliss-reactive ketones (excluding diaryl/α,β-unsaturated/α-hetero) is 3. The minimum atomic E-state index is -0.401. The zero-order chi connectivity index (χ0) is 102. The lowest BCUT2D eigenvalue weighted by Crippen LogP contribution is -2.46. The van der Waals surface area contributed by atoms with Crippen molar-refractivity contribution in [2.24, 2.45) is 37.9 Å². The lowest BCUT2D eigenvalue weighted by Gasteiger charge is -2.30. The second kappa shape index (κ2) is 46.1. The topological polar surface area (TPSA) is 250 Å². The number of aromatic nitrogens is 9. The van der Waals surface area contributed by atoms with Crippen LogP contribution in [0, 0.1) is 37.9 Å². The molecule has 3 aromatic heterocycles. The summed E-state index contributed by atoms with van der Waals surface area (Å²) in [6.45, 7) is 88.5. The maximum absolute atomic E-state index is 13.6. The molecule has 740 valence electrons. The van der Waals surface area contributed by atoms with Crippen molar-refractivity contribution in [2.45, 2.75) is 423 Å². The van der Waals surface area contributed by atoms with E-state index in [1.165, 1.54) is 4.90 Å². The van der Waals surface area contributed by atoms with Crippen LogP contribution in [0.1, 0.15) is 378 Å². The molecule has 1 unspecified atom stereocenters. The lowest BCUT2D eigenvalue weighted by atomic mass is 9.80. The number of aryl methyl sites for hydroxylation is 1. The van der Waals surface area contributed by atoms with Crippen LogP contribution < -0.4 is 15.1 Å². The number of amides is 5. The van der Waals surface area contributed by atoms with Crippen molar-refractivity contribution in [3.8, 4) is 45.0 Å². The summed E-state index contributed by atoms with van der Waals surface area (Å²) in [5.74, 6) is 1.92. The Morgan fingerprint density at radius 1 is 0.421 bits per heavy atom. The van der Waals surface area contributed by atoms with Crippen molar-refractivity contribution in [1.82, 2.24) is 55.2 Å². The number of likely N-dealkylation sites (tertiary alicyclic amines) is 1. The number of carbonyl (C=O) groups is 8. The Balaban J connectivity index is 0.000000348. The lowest BCUT2D eigenvalue weighted by molar-refractivity contribution is -0.143. The van der Waals surface area contributed by atoms with Crippen LogP contribution in [0.15, 0.2) is 103 Å². The molecule has 10 rings (SSSR count). The zero-order valence-electron chi connectivity index (χ0n) is 90.4. The first-order valence-corrected chi connectivity index (χ1v) is 49.9. The van der Waals surface area contributed by atoms with Crippen LogP contribution in [0.2, 0.25) is 0 Å². The van der Waals surface area contributed by atoms with Gasteiger partial charge in [0.2, 0.25) is 29.5 Å². The molecule has 1 fully saturated rings. The van der Waals surface area contributed by atoms with Gasteiger partial charge in [-0.2, -0.15) is 0 Å². The molecule has 0 saturated carbocycles. The molecule has 1 saturated heterocycles. The van der Waals surface area contributed by atoms with Crippen molar-refractivity contribution in [2.75, 3.05) is 15.6 Å². The van der Waals surface area contributed by atoms with Gasteiger partial charge in [0.1, 0.15) is 28.7 Å². The van der Waals surface area contributed by atoms with E-state index in [1.807, 2.05) is 201 Å². The first kappa shape index (κ1) is 117. The minimum absolute atomic E-state index is 0.00161. The molecule has 5 amide bonds. The predicted octanol–water partition coefficient (Wildman–Crippen LogP) is 26.8. The van der Waals surface area contributed by atoms with E-state index in [1.54, 1.807) is 23.5 Å². The van der Waals surface area contributed by atoms with Gasteiger partial charge < -0.3 is 15.1 Å². The summed E-state index contributed by atoms with van der Waals surface area (Å²) in [5, 5.41) is 29.4. The summed E-state index contributed by atoms with van der Waals surface area (Å²) in [6.07, 6.45) is 9.69. The molecule has 0 aliphatic carbocycles. The van der Waals surface area contributed by atoms with Crippen molar-refractivity contribution < 1.29 is 38.4 Å². The molecule has 21 nitrogen and oxygen atoms in total. The predicted molar refractivity (Wildman–Crippen MR) is 558 cm³/mol. The Bertz CT molecular complexity index is 4950. The van der Waals surface area contributed by atoms with E-state index in [2.05, 4.69) is 254 Å². The normalized spacial score (nSPS) is 14.5. The highest BCUT2D eigenvalue weighted by Crippen LogP contribution is 2.46. The van der Waals surface area contributed by atoms with Gasteiger partial charge in [-0.15, -0.1) is 38.8 Å². The largest absolute Gasteiger partial charge is 0.351 e. The van der Waals surface area contributed by atoms with Crippen molar-refractivity contribution >= 4 is 81.8 Å². The number of ketones is 3. The Morgan fingerprint density at radius 3 is 1.19 bits per heavy atom. The van der Waals surface area contributed by atoms with Gasteiger partial charge in [-0.25, -0.2) is 14.0 Å². The van der Waals surface area contributed by atoms with Crippen LogP contribution in [0.25, 0.3) is 45.0 Å². The maximum Gasteiger partial charge on any atom is 0.243 e. The van der Waals surface area contributed by atoms with Crippen molar-refractivity contribution in [3.63, 3.8) is 0 Å². The number of fused-ring (bicyclic) bond motifs is 10. The third-order valence-corrected chi connectivity index (χ3v) is 24.0. The monoisotopic (exact) mass is 1870 g/mol. The molecule has 133 heavy (non-hydrogen) atoms. The van der Waals surface area contributed by atoms with Crippen LogP contribution in [0.5, 0.6) is 0 Å². The molecule has 1 N–H and O–H groups in total. The number of para-hydroxylation sites is 2. The first-order chi connectivity index (χ1) is 60.1. The highest BCUT2D eigenvalue weighted by atomic mass is 32.2. The number of hydrogen-bond donors (Lipinski definition) is 1. The summed E-state index contributed by atoms with van der Waals surface area (Å²) in [7, 11) is 0. The van der Waals surface area contributed by atoms with Gasteiger partial charge in [0.15, 0.2) is 0 Å². The molecule has 3 aliphatic heterocycles. The van der Waals surface area contributed by atoms with Crippen molar-refractivity contribution in [3.05, 3.63) is 120 Å². The van der Waals surface area contributed by atoms with Crippen LogP contribution >= 0.6 is 23.5 Å². The molecule has 0 spiro atoms. The Kier molecular flexibility index (Phi) is 40.5. The number of nitrogens with one attached hydrogen (secondary N) is 1. The van der Waals surface area contributed by atoms with E-state index in [9.17, 15) is 38.4 Å². The van der Waals surface area contributed by atoms with E-state index in [4.69, 9.17) is 0 Å². The number of thioether (sulfide) groups is 2. The Labute approximate surface area is 812 Å². The summed E-state index contributed by atoms with van der Waals surface area (Å²) in [5.41, 5.74) is 11.9. The van der Waals surface area contributed by atoms with Crippen LogP contribution in [0.3, 0.4) is 0 Å². The average molecular weight is 1870 g/mol. The third-order valence-electron chi connectivity index (χ3n) is 21.3. The molecule has 4 aromatic carbocycles. The van der Waals surface area contributed by atoms with E-state index in [0.717, 1.165) is 98.9 Å². The molecule has 0 bridgehead atoms. The summed E-state index contributed by atoms with van der Waals surface area (Å²) in [4.78, 5) is 103. The zero-order valence-corrected chi connectivity index (χ0v) is 92.1. The Morgan fingerprint density at radius 2 is 0.842 bits per heavy atom. The fourth-order valence-corrected chi connectivity index (χ4v) is 16.4. The van der Waals surface area contributed by atoms with E-state index >= 15 is 0 Å². The first-order valence-electron chi connectivity index (χ1n) is 48.0. The summed E-state index contributed by atoms with van der Waals surface area (Å²) >= 11 is 3.30. The second-order valence-corrected chi connectivity index (χ2v) is 54.8.